The van der Waals surface area contributed by atoms with Crippen LogP contribution in [-0.2, 0) is 9.53 Å². The van der Waals surface area contributed by atoms with E-state index >= 15 is 0 Å². The van der Waals surface area contributed by atoms with Crippen LogP contribution >= 0.6 is 0 Å². The predicted molar refractivity (Wildman–Crippen MR) is 71.1 cm³/mol. The van der Waals surface area contributed by atoms with Crippen LogP contribution in [-0.4, -0.2) is 43.2 Å². The van der Waals surface area contributed by atoms with Crippen LogP contribution in [0.2, 0.25) is 0 Å². The molecule has 4 unspecified atom stereocenters. The van der Waals surface area contributed by atoms with Crippen LogP contribution in [0.4, 0.5) is 0 Å². The molecule has 2 fully saturated rings. The smallest absolute Gasteiger partial charge is 0.226 e. The zero-order chi connectivity index (χ0) is 13.1. The number of likely N-dealkylation sites (tertiary alicyclic amines) is 1. The van der Waals surface area contributed by atoms with Crippen molar-refractivity contribution < 1.29 is 9.53 Å². The van der Waals surface area contributed by atoms with Gasteiger partial charge in [0.05, 0.1) is 6.10 Å². The Bertz CT molecular complexity index is 296. The van der Waals surface area contributed by atoms with Gasteiger partial charge < -0.3 is 15.4 Å². The highest BCUT2D eigenvalue weighted by molar-refractivity contribution is 5.79. The molecule has 1 aliphatic heterocycles. The van der Waals surface area contributed by atoms with Crippen molar-refractivity contribution in [3.63, 3.8) is 0 Å². The van der Waals surface area contributed by atoms with Gasteiger partial charge in [0, 0.05) is 32.2 Å². The summed E-state index contributed by atoms with van der Waals surface area (Å²) >= 11 is 0. The maximum atomic E-state index is 12.6. The molecule has 2 N–H and O–H groups in total. The summed E-state index contributed by atoms with van der Waals surface area (Å²) in [5, 5.41) is 0. The summed E-state index contributed by atoms with van der Waals surface area (Å²) in [7, 11) is 1.73. The van der Waals surface area contributed by atoms with Gasteiger partial charge in [-0.15, -0.1) is 0 Å². The standard InChI is InChI=1S/C14H26N2O2/c1-10-12(6-3-7-13(10)15)14(17)16-8-4-5-11(9-16)18-2/h10-13H,3-9,15H2,1-2H3. The largest absolute Gasteiger partial charge is 0.380 e. The molecule has 0 aromatic heterocycles. The Morgan fingerprint density at radius 1 is 1.28 bits per heavy atom. The first kappa shape index (κ1) is 13.8. The minimum absolute atomic E-state index is 0.129. The first-order chi connectivity index (χ1) is 8.63. The quantitative estimate of drug-likeness (QED) is 0.810. The van der Waals surface area contributed by atoms with Gasteiger partial charge in [0.25, 0.3) is 0 Å². The molecule has 0 radical (unpaired) electrons. The first-order valence-corrected chi connectivity index (χ1v) is 7.20. The Morgan fingerprint density at radius 3 is 2.78 bits per heavy atom. The molecule has 1 aliphatic carbocycles. The van der Waals surface area contributed by atoms with Crippen molar-refractivity contribution in [1.82, 2.24) is 4.90 Å². The molecule has 0 aromatic rings. The third kappa shape index (κ3) is 2.86. The Balaban J connectivity index is 1.97. The van der Waals surface area contributed by atoms with Gasteiger partial charge in [-0.25, -0.2) is 0 Å². The second kappa shape index (κ2) is 6.02. The first-order valence-electron chi connectivity index (χ1n) is 7.20. The minimum atomic E-state index is 0.129. The van der Waals surface area contributed by atoms with E-state index in [0.717, 1.165) is 45.2 Å². The van der Waals surface area contributed by atoms with E-state index in [0.29, 0.717) is 11.8 Å². The number of rotatable bonds is 2. The van der Waals surface area contributed by atoms with E-state index in [1.807, 2.05) is 4.90 Å². The molecule has 2 rings (SSSR count). The maximum Gasteiger partial charge on any atom is 0.226 e. The second-order valence-electron chi connectivity index (χ2n) is 5.84. The summed E-state index contributed by atoms with van der Waals surface area (Å²) in [6, 6.07) is 0.190. The van der Waals surface area contributed by atoms with Crippen molar-refractivity contribution in [2.45, 2.75) is 51.2 Å². The lowest BCUT2D eigenvalue weighted by Gasteiger charge is -2.39. The third-order valence-corrected chi connectivity index (χ3v) is 4.70. The number of methoxy groups -OCH3 is 1. The molecule has 1 heterocycles. The fourth-order valence-electron chi connectivity index (χ4n) is 3.31. The molecular formula is C14H26N2O2. The van der Waals surface area contributed by atoms with Crippen LogP contribution in [0, 0.1) is 11.8 Å². The number of nitrogens with zero attached hydrogens (tertiary/aromatic N) is 1. The highest BCUT2D eigenvalue weighted by Crippen LogP contribution is 2.31. The van der Waals surface area contributed by atoms with Crippen LogP contribution in [0.3, 0.4) is 0 Å². The number of carbonyl (C=O) groups is 1. The second-order valence-corrected chi connectivity index (χ2v) is 5.84. The van der Waals surface area contributed by atoms with E-state index in [9.17, 15) is 4.79 Å². The molecule has 4 heteroatoms. The topological polar surface area (TPSA) is 55.6 Å². The van der Waals surface area contributed by atoms with Crippen molar-refractivity contribution in [2.24, 2.45) is 17.6 Å². The molecule has 1 saturated heterocycles. The number of carbonyl (C=O) groups excluding carboxylic acids is 1. The van der Waals surface area contributed by atoms with Crippen molar-refractivity contribution in [3.05, 3.63) is 0 Å². The Hall–Kier alpha value is -0.610. The average Bonchev–Trinajstić information content (AvgIpc) is 2.41. The van der Waals surface area contributed by atoms with Gasteiger partial charge in [0.15, 0.2) is 0 Å². The minimum Gasteiger partial charge on any atom is -0.380 e. The fourth-order valence-corrected chi connectivity index (χ4v) is 3.31. The Labute approximate surface area is 110 Å². The van der Waals surface area contributed by atoms with E-state index in [1.165, 1.54) is 0 Å². The number of piperidine rings is 1. The number of ether oxygens (including phenoxy) is 1. The zero-order valence-corrected chi connectivity index (χ0v) is 11.6. The monoisotopic (exact) mass is 254 g/mol. The fraction of sp³-hybridized carbons (Fsp3) is 0.929. The van der Waals surface area contributed by atoms with Crippen LogP contribution in [0.5, 0.6) is 0 Å². The Kier molecular flexibility index (Phi) is 4.62. The van der Waals surface area contributed by atoms with Gasteiger partial charge in [-0.05, 0) is 31.6 Å². The summed E-state index contributed by atoms with van der Waals surface area (Å²) in [5.74, 6) is 0.748. The van der Waals surface area contributed by atoms with E-state index < -0.39 is 0 Å². The number of amides is 1. The van der Waals surface area contributed by atoms with Crippen LogP contribution in [0.15, 0.2) is 0 Å². The molecule has 4 atom stereocenters. The average molecular weight is 254 g/mol. The summed E-state index contributed by atoms with van der Waals surface area (Å²) in [6.07, 6.45) is 5.49. The lowest BCUT2D eigenvalue weighted by molar-refractivity contribution is -0.142. The van der Waals surface area contributed by atoms with E-state index in [2.05, 4.69) is 6.92 Å². The molecular weight excluding hydrogens is 228 g/mol. The predicted octanol–water partition coefficient (Wildman–Crippen LogP) is 1.39. The van der Waals surface area contributed by atoms with E-state index in [1.54, 1.807) is 7.11 Å². The third-order valence-electron chi connectivity index (χ3n) is 4.70. The van der Waals surface area contributed by atoms with E-state index in [-0.39, 0.29) is 18.1 Å². The van der Waals surface area contributed by atoms with Crippen molar-refractivity contribution >= 4 is 5.91 Å². The summed E-state index contributed by atoms with van der Waals surface area (Å²) in [4.78, 5) is 14.6. The molecule has 1 saturated carbocycles. The van der Waals surface area contributed by atoms with Crippen molar-refractivity contribution in [1.29, 1.82) is 0 Å². The van der Waals surface area contributed by atoms with Crippen molar-refractivity contribution in [2.75, 3.05) is 20.2 Å². The van der Waals surface area contributed by atoms with Gasteiger partial charge >= 0.3 is 0 Å². The van der Waals surface area contributed by atoms with Crippen LogP contribution in [0.25, 0.3) is 0 Å². The van der Waals surface area contributed by atoms with Gasteiger partial charge in [-0.1, -0.05) is 13.3 Å². The number of hydrogen-bond acceptors (Lipinski definition) is 3. The molecule has 4 nitrogen and oxygen atoms in total. The maximum absolute atomic E-state index is 12.6. The molecule has 0 spiro atoms. The molecule has 2 aliphatic rings. The Morgan fingerprint density at radius 2 is 2.06 bits per heavy atom. The van der Waals surface area contributed by atoms with Crippen molar-refractivity contribution in [3.8, 4) is 0 Å². The van der Waals surface area contributed by atoms with Gasteiger partial charge in [-0.2, -0.15) is 0 Å². The summed E-state index contributed by atoms with van der Waals surface area (Å²) in [6.45, 7) is 3.77. The summed E-state index contributed by atoms with van der Waals surface area (Å²) < 4.78 is 5.39. The molecule has 18 heavy (non-hydrogen) atoms. The zero-order valence-electron chi connectivity index (χ0n) is 11.6. The van der Waals surface area contributed by atoms with Crippen LogP contribution in [0.1, 0.15) is 39.0 Å². The van der Waals surface area contributed by atoms with Gasteiger partial charge in [0.1, 0.15) is 0 Å². The highest BCUT2D eigenvalue weighted by Gasteiger charge is 2.36. The van der Waals surface area contributed by atoms with E-state index in [4.69, 9.17) is 10.5 Å². The number of nitrogens with two attached hydrogens (primary N) is 1. The van der Waals surface area contributed by atoms with Gasteiger partial charge in [-0.3, -0.25) is 4.79 Å². The molecule has 1 amide bonds. The number of hydrogen-bond donors (Lipinski definition) is 1. The summed E-state index contributed by atoms with van der Waals surface area (Å²) in [5.41, 5.74) is 6.09. The SMILES string of the molecule is COC1CCCN(C(=O)C2CCCC(N)C2C)C1. The molecule has 104 valence electrons. The van der Waals surface area contributed by atoms with Gasteiger partial charge in [0.2, 0.25) is 5.91 Å². The highest BCUT2D eigenvalue weighted by atomic mass is 16.5. The van der Waals surface area contributed by atoms with Crippen LogP contribution < -0.4 is 5.73 Å². The molecule has 0 aromatic carbocycles. The lowest BCUT2D eigenvalue weighted by Crippen LogP contribution is -2.50. The molecule has 0 bridgehead atoms. The normalized spacial score (nSPS) is 37.6. The lowest BCUT2D eigenvalue weighted by atomic mass is 9.76.